The van der Waals surface area contributed by atoms with Gasteiger partial charge in [0.15, 0.2) is 5.65 Å². The van der Waals surface area contributed by atoms with Gasteiger partial charge in [0.25, 0.3) is 11.5 Å². The van der Waals surface area contributed by atoms with E-state index in [-0.39, 0.29) is 35.8 Å². The van der Waals surface area contributed by atoms with E-state index >= 15 is 0 Å². The summed E-state index contributed by atoms with van der Waals surface area (Å²) in [6, 6.07) is 5.28. The van der Waals surface area contributed by atoms with E-state index in [9.17, 15) is 9.59 Å². The van der Waals surface area contributed by atoms with Gasteiger partial charge in [-0.3, -0.25) is 9.59 Å². The summed E-state index contributed by atoms with van der Waals surface area (Å²) < 4.78 is 14.0. The molecular formula is C22H27N7O4. The molecule has 1 unspecified atom stereocenters. The molecule has 3 aromatic rings. The van der Waals surface area contributed by atoms with Crippen LogP contribution in [-0.4, -0.2) is 64.6 Å². The summed E-state index contributed by atoms with van der Waals surface area (Å²) in [6.07, 6.45) is 5.95. The Morgan fingerprint density at radius 1 is 1.21 bits per heavy atom. The van der Waals surface area contributed by atoms with Crippen LogP contribution in [0.15, 0.2) is 35.4 Å². The minimum absolute atomic E-state index is 0.0244. The van der Waals surface area contributed by atoms with E-state index in [0.717, 1.165) is 19.3 Å². The van der Waals surface area contributed by atoms with Crippen LogP contribution in [0.1, 0.15) is 35.7 Å². The summed E-state index contributed by atoms with van der Waals surface area (Å²) >= 11 is 0. The molecule has 4 atom stereocenters. The number of anilines is 3. The largest absolute Gasteiger partial charge is 0.379 e. The van der Waals surface area contributed by atoms with Gasteiger partial charge in [-0.25, -0.2) is 4.98 Å². The van der Waals surface area contributed by atoms with E-state index in [1.807, 2.05) is 6.07 Å². The zero-order chi connectivity index (χ0) is 23.1. The first-order valence-electron chi connectivity index (χ1n) is 10.9. The minimum Gasteiger partial charge on any atom is -0.379 e. The lowest BCUT2D eigenvalue weighted by Crippen LogP contribution is -2.51. The summed E-state index contributed by atoms with van der Waals surface area (Å²) in [5.74, 6) is 0.788. The van der Waals surface area contributed by atoms with E-state index < -0.39 is 0 Å². The third-order valence-corrected chi connectivity index (χ3v) is 6.40. The molecule has 3 aromatic heterocycles. The summed E-state index contributed by atoms with van der Waals surface area (Å²) in [7, 11) is 5.05. The van der Waals surface area contributed by atoms with Crippen molar-refractivity contribution in [2.75, 3.05) is 31.9 Å². The van der Waals surface area contributed by atoms with Crippen molar-refractivity contribution in [2.45, 2.75) is 43.6 Å². The molecule has 174 valence electrons. The molecule has 1 amide bonds. The Labute approximate surface area is 190 Å². The number of methoxy groups -OCH3 is 2. The van der Waals surface area contributed by atoms with Gasteiger partial charge in [-0.15, -0.1) is 0 Å². The number of pyridine rings is 1. The molecule has 0 saturated heterocycles. The van der Waals surface area contributed by atoms with Gasteiger partial charge in [0.1, 0.15) is 22.9 Å². The Bertz CT molecular complexity index is 1250. The molecule has 33 heavy (non-hydrogen) atoms. The predicted molar refractivity (Wildman–Crippen MR) is 122 cm³/mol. The molecule has 3 heterocycles. The minimum atomic E-state index is -0.259. The van der Waals surface area contributed by atoms with E-state index in [0.29, 0.717) is 28.5 Å². The first-order valence-corrected chi connectivity index (χ1v) is 10.9. The number of rotatable bonds is 8. The monoisotopic (exact) mass is 453 g/mol. The Morgan fingerprint density at radius 2 is 2.03 bits per heavy atom. The normalized spacial score (nSPS) is 23.7. The molecule has 2 aliphatic carbocycles. The third kappa shape index (κ3) is 3.83. The maximum absolute atomic E-state index is 13.0. The van der Waals surface area contributed by atoms with Crippen LogP contribution in [0.5, 0.6) is 0 Å². The predicted octanol–water partition coefficient (Wildman–Crippen LogP) is 1.54. The fourth-order valence-electron chi connectivity index (χ4n) is 4.24. The highest BCUT2D eigenvalue weighted by atomic mass is 16.5. The van der Waals surface area contributed by atoms with Crippen molar-refractivity contribution < 1.29 is 14.3 Å². The van der Waals surface area contributed by atoms with E-state index in [1.54, 1.807) is 48.7 Å². The van der Waals surface area contributed by atoms with E-state index in [2.05, 4.69) is 26.0 Å². The van der Waals surface area contributed by atoms with Crippen molar-refractivity contribution in [3.05, 3.63) is 46.5 Å². The van der Waals surface area contributed by atoms with Crippen LogP contribution in [0.4, 0.5) is 17.3 Å². The van der Waals surface area contributed by atoms with Crippen molar-refractivity contribution in [3.63, 3.8) is 0 Å². The molecule has 0 radical (unpaired) electrons. The number of amides is 1. The van der Waals surface area contributed by atoms with Crippen LogP contribution in [0, 0.1) is 0 Å². The summed E-state index contributed by atoms with van der Waals surface area (Å²) in [4.78, 5) is 30.5. The SMILES string of the molecule is CNc1cc(Nc2cccn(C3C[C@@H]3OC)c2=O)nc2c(C(=O)N[C@H]3CC[C@@H]3OC)cnn12. The molecule has 0 spiro atoms. The second kappa shape index (κ2) is 8.49. The average Bonchev–Trinajstić information content (AvgIpc) is 3.47. The first-order chi connectivity index (χ1) is 16.0. The van der Waals surface area contributed by atoms with Gasteiger partial charge in [-0.05, 0) is 31.4 Å². The van der Waals surface area contributed by atoms with Gasteiger partial charge in [0.05, 0.1) is 30.5 Å². The first kappa shape index (κ1) is 21.4. The average molecular weight is 454 g/mol. The molecule has 2 saturated carbocycles. The van der Waals surface area contributed by atoms with Crippen molar-refractivity contribution in [1.82, 2.24) is 24.5 Å². The zero-order valence-electron chi connectivity index (χ0n) is 18.7. The second-order valence-electron chi connectivity index (χ2n) is 8.34. The molecule has 11 heteroatoms. The van der Waals surface area contributed by atoms with Crippen LogP contribution in [0.25, 0.3) is 5.65 Å². The maximum atomic E-state index is 13.0. The number of fused-ring (bicyclic) bond motifs is 1. The zero-order valence-corrected chi connectivity index (χ0v) is 18.7. The van der Waals surface area contributed by atoms with Crippen molar-refractivity contribution >= 4 is 28.9 Å². The van der Waals surface area contributed by atoms with E-state index in [1.165, 1.54) is 6.20 Å². The number of hydrogen-bond donors (Lipinski definition) is 3. The number of hydrogen-bond acceptors (Lipinski definition) is 8. The molecule has 11 nitrogen and oxygen atoms in total. The standard InChI is InChI=1S/C22H27N7O4/c1-23-19-10-18(25-14-5-4-8-28(22(14)31)15-9-17(15)33-3)27-20-12(11-24-29(19)20)21(30)26-13-6-7-16(13)32-2/h4-5,8,10-11,13,15-17,23H,6-7,9H2,1-3H3,(H,25,27)(H,26,30)/t13-,15?,16-,17-/m0/s1. The highest BCUT2D eigenvalue weighted by molar-refractivity contribution is 6.00. The molecule has 2 aliphatic rings. The highest BCUT2D eigenvalue weighted by Gasteiger charge is 2.39. The number of carbonyl (C=O) groups excluding carboxylic acids is 1. The maximum Gasteiger partial charge on any atom is 0.274 e. The molecule has 5 rings (SSSR count). The lowest BCUT2D eigenvalue weighted by Gasteiger charge is -2.35. The number of carbonyl (C=O) groups is 1. The fraction of sp³-hybridized carbons (Fsp3) is 0.455. The van der Waals surface area contributed by atoms with Crippen LogP contribution in [-0.2, 0) is 9.47 Å². The van der Waals surface area contributed by atoms with Crippen LogP contribution in [0.2, 0.25) is 0 Å². The molecule has 2 fully saturated rings. The number of nitrogens with one attached hydrogen (secondary N) is 3. The summed E-state index contributed by atoms with van der Waals surface area (Å²) in [5, 5.41) is 13.5. The second-order valence-corrected chi connectivity index (χ2v) is 8.34. The topological polar surface area (TPSA) is 124 Å². The molecule has 0 bridgehead atoms. The van der Waals surface area contributed by atoms with Gasteiger partial charge >= 0.3 is 0 Å². The number of nitrogens with zero attached hydrogens (tertiary/aromatic N) is 4. The van der Waals surface area contributed by atoms with Gasteiger partial charge in [0.2, 0.25) is 0 Å². The quantitative estimate of drug-likeness (QED) is 0.469. The Morgan fingerprint density at radius 3 is 2.70 bits per heavy atom. The van der Waals surface area contributed by atoms with Gasteiger partial charge in [-0.1, -0.05) is 0 Å². The van der Waals surface area contributed by atoms with E-state index in [4.69, 9.17) is 9.47 Å². The fourth-order valence-corrected chi connectivity index (χ4v) is 4.24. The van der Waals surface area contributed by atoms with Crippen molar-refractivity contribution in [3.8, 4) is 0 Å². The molecule has 3 N–H and O–H groups in total. The van der Waals surface area contributed by atoms with Crippen LogP contribution in [0.3, 0.4) is 0 Å². The Hall–Kier alpha value is -3.44. The lowest BCUT2D eigenvalue weighted by atomic mass is 9.89. The van der Waals surface area contributed by atoms with Crippen LogP contribution < -0.4 is 21.5 Å². The smallest absolute Gasteiger partial charge is 0.274 e. The lowest BCUT2D eigenvalue weighted by molar-refractivity contribution is 0.00732. The van der Waals surface area contributed by atoms with Crippen molar-refractivity contribution in [1.29, 1.82) is 0 Å². The molecule has 0 aliphatic heterocycles. The Balaban J connectivity index is 1.45. The number of aromatic nitrogens is 4. The number of ether oxygens (including phenoxy) is 2. The van der Waals surface area contributed by atoms with Crippen molar-refractivity contribution in [2.24, 2.45) is 0 Å². The third-order valence-electron chi connectivity index (χ3n) is 6.40. The van der Waals surface area contributed by atoms with Gasteiger partial charge in [0, 0.05) is 33.5 Å². The van der Waals surface area contributed by atoms with Gasteiger partial charge < -0.3 is 30.0 Å². The summed E-state index contributed by atoms with van der Waals surface area (Å²) in [6.45, 7) is 0. The Kier molecular flexibility index (Phi) is 5.51. The molecular weight excluding hydrogens is 426 g/mol. The van der Waals surface area contributed by atoms with Gasteiger partial charge in [-0.2, -0.15) is 9.61 Å². The summed E-state index contributed by atoms with van der Waals surface area (Å²) in [5.41, 5.74) is 0.967. The van der Waals surface area contributed by atoms with Crippen LogP contribution >= 0.6 is 0 Å². The molecule has 0 aromatic carbocycles. The highest BCUT2D eigenvalue weighted by Crippen LogP contribution is 2.37.